The van der Waals surface area contributed by atoms with E-state index in [4.69, 9.17) is 4.74 Å². The molecule has 0 aliphatic heterocycles. The number of hydrogen-bond donors (Lipinski definition) is 1. The van der Waals surface area contributed by atoms with Crippen molar-refractivity contribution in [3.05, 3.63) is 53.7 Å². The maximum Gasteiger partial charge on any atom is 0.224 e. The van der Waals surface area contributed by atoms with Crippen LogP contribution in [0.5, 0.6) is 11.6 Å². The maximum absolute atomic E-state index is 9.23. The summed E-state index contributed by atoms with van der Waals surface area (Å²) in [7, 11) is 0. The van der Waals surface area contributed by atoms with E-state index in [0.717, 1.165) is 12.2 Å². The van der Waals surface area contributed by atoms with Crippen molar-refractivity contribution < 1.29 is 9.84 Å². The summed E-state index contributed by atoms with van der Waals surface area (Å²) in [6.07, 6.45) is 2.77. The van der Waals surface area contributed by atoms with E-state index in [-0.39, 0.29) is 6.61 Å². The van der Waals surface area contributed by atoms with Crippen LogP contribution in [-0.4, -0.2) is 10.1 Å². The van der Waals surface area contributed by atoms with Crippen molar-refractivity contribution in [3.63, 3.8) is 0 Å². The first-order chi connectivity index (χ1) is 9.24. The highest BCUT2D eigenvalue weighted by atomic mass is 16.5. The lowest BCUT2D eigenvalue weighted by Crippen LogP contribution is -1.95. The zero-order chi connectivity index (χ0) is 13.7. The summed E-state index contributed by atoms with van der Waals surface area (Å²) >= 11 is 0. The van der Waals surface area contributed by atoms with Crippen LogP contribution in [0, 0.1) is 0 Å². The number of hydrogen-bond acceptors (Lipinski definition) is 3. The summed E-state index contributed by atoms with van der Waals surface area (Å²) in [4.78, 5) is 4.14. The van der Waals surface area contributed by atoms with E-state index in [0.29, 0.717) is 17.4 Å². The van der Waals surface area contributed by atoms with Crippen LogP contribution in [0.4, 0.5) is 0 Å². The van der Waals surface area contributed by atoms with Gasteiger partial charge < -0.3 is 9.84 Å². The van der Waals surface area contributed by atoms with Gasteiger partial charge in [0.05, 0.1) is 6.61 Å². The van der Waals surface area contributed by atoms with E-state index in [9.17, 15) is 5.11 Å². The Morgan fingerprint density at radius 2 is 1.95 bits per heavy atom. The summed E-state index contributed by atoms with van der Waals surface area (Å²) in [5.74, 6) is 1.75. The van der Waals surface area contributed by atoms with Gasteiger partial charge in [0.2, 0.25) is 5.88 Å². The van der Waals surface area contributed by atoms with Gasteiger partial charge in [-0.3, -0.25) is 0 Å². The average Bonchev–Trinajstić information content (AvgIpc) is 2.48. The van der Waals surface area contributed by atoms with Crippen LogP contribution in [0.15, 0.2) is 42.6 Å². The zero-order valence-corrected chi connectivity index (χ0v) is 11.3. The molecule has 0 aliphatic carbocycles. The highest BCUT2D eigenvalue weighted by Gasteiger charge is 2.06. The predicted octanol–water partition coefficient (Wildman–Crippen LogP) is 3.88. The number of aromatic nitrogens is 1. The summed E-state index contributed by atoms with van der Waals surface area (Å²) in [5.41, 5.74) is 1.99. The molecule has 0 spiro atoms. The number of benzene rings is 1. The molecule has 0 saturated heterocycles. The Bertz CT molecular complexity index is 523. The van der Waals surface area contributed by atoms with Gasteiger partial charge in [-0.25, -0.2) is 4.98 Å². The lowest BCUT2D eigenvalue weighted by molar-refractivity contribution is 0.275. The molecule has 100 valence electrons. The van der Waals surface area contributed by atoms with Crippen molar-refractivity contribution >= 4 is 0 Å². The van der Waals surface area contributed by atoms with Crippen molar-refractivity contribution in [2.75, 3.05) is 0 Å². The van der Waals surface area contributed by atoms with Gasteiger partial charge in [0.25, 0.3) is 0 Å². The molecular weight excluding hydrogens is 238 g/mol. The first-order valence-corrected chi connectivity index (χ1v) is 6.57. The fraction of sp³-hybridized carbons (Fsp3) is 0.312. The van der Waals surface area contributed by atoms with Gasteiger partial charge >= 0.3 is 0 Å². The molecule has 1 unspecified atom stereocenters. The molecule has 1 aromatic carbocycles. The van der Waals surface area contributed by atoms with Crippen LogP contribution in [0.3, 0.4) is 0 Å². The molecule has 2 aromatic rings. The Kier molecular flexibility index (Phi) is 4.53. The second-order valence-electron chi connectivity index (χ2n) is 4.61. The smallest absolute Gasteiger partial charge is 0.224 e. The van der Waals surface area contributed by atoms with Crippen molar-refractivity contribution in [2.45, 2.75) is 32.8 Å². The van der Waals surface area contributed by atoms with E-state index in [2.05, 4.69) is 31.0 Å². The quantitative estimate of drug-likeness (QED) is 0.883. The normalized spacial score (nSPS) is 12.2. The van der Waals surface area contributed by atoms with Crippen LogP contribution in [-0.2, 0) is 6.61 Å². The number of aliphatic hydroxyl groups excluding tert-OH is 1. The Labute approximate surface area is 113 Å². The third-order valence-corrected chi connectivity index (χ3v) is 3.30. The second-order valence-corrected chi connectivity index (χ2v) is 4.61. The van der Waals surface area contributed by atoms with Crippen molar-refractivity contribution in [3.8, 4) is 11.6 Å². The van der Waals surface area contributed by atoms with Crippen LogP contribution < -0.4 is 4.74 Å². The molecule has 1 aromatic heterocycles. The molecule has 3 nitrogen and oxygen atoms in total. The van der Waals surface area contributed by atoms with Crippen molar-refractivity contribution in [1.82, 2.24) is 4.98 Å². The van der Waals surface area contributed by atoms with Crippen LogP contribution in [0.25, 0.3) is 0 Å². The van der Waals surface area contributed by atoms with Crippen LogP contribution in [0.1, 0.15) is 37.3 Å². The van der Waals surface area contributed by atoms with Gasteiger partial charge in [-0.15, -0.1) is 0 Å². The molecule has 1 atom stereocenters. The number of rotatable bonds is 5. The Morgan fingerprint density at radius 1 is 1.21 bits per heavy atom. The summed E-state index contributed by atoms with van der Waals surface area (Å²) < 4.78 is 5.70. The standard InChI is InChI=1S/C16H19NO2/c1-3-12(2)13-6-8-15(9-7-13)19-16-14(11-18)5-4-10-17-16/h4-10,12,18H,3,11H2,1-2H3. The molecule has 0 bridgehead atoms. The van der Waals surface area contributed by atoms with E-state index < -0.39 is 0 Å². The average molecular weight is 257 g/mol. The van der Waals surface area contributed by atoms with Crippen molar-refractivity contribution in [1.29, 1.82) is 0 Å². The lowest BCUT2D eigenvalue weighted by Gasteiger charge is -2.11. The molecule has 19 heavy (non-hydrogen) atoms. The van der Waals surface area contributed by atoms with Gasteiger partial charge in [-0.05, 0) is 42.2 Å². The lowest BCUT2D eigenvalue weighted by atomic mass is 9.99. The van der Waals surface area contributed by atoms with E-state index in [1.54, 1.807) is 18.3 Å². The monoisotopic (exact) mass is 257 g/mol. The predicted molar refractivity (Wildman–Crippen MR) is 75.4 cm³/mol. The van der Waals surface area contributed by atoms with Gasteiger partial charge in [0, 0.05) is 11.8 Å². The number of aliphatic hydroxyl groups is 1. The molecule has 1 heterocycles. The molecule has 0 radical (unpaired) electrons. The molecule has 1 N–H and O–H groups in total. The fourth-order valence-electron chi connectivity index (χ4n) is 1.85. The maximum atomic E-state index is 9.23. The third-order valence-electron chi connectivity index (χ3n) is 3.30. The molecule has 0 aliphatic rings. The number of nitrogens with zero attached hydrogens (tertiary/aromatic N) is 1. The minimum absolute atomic E-state index is 0.0753. The third kappa shape index (κ3) is 3.32. The SMILES string of the molecule is CCC(C)c1ccc(Oc2ncccc2CO)cc1. The molecular formula is C16H19NO2. The molecule has 2 rings (SSSR count). The minimum Gasteiger partial charge on any atom is -0.439 e. The zero-order valence-electron chi connectivity index (χ0n) is 11.3. The highest BCUT2D eigenvalue weighted by molar-refractivity contribution is 5.34. The largest absolute Gasteiger partial charge is 0.439 e. The molecule has 3 heteroatoms. The van der Waals surface area contributed by atoms with Gasteiger partial charge in [0.15, 0.2) is 0 Å². The number of pyridine rings is 1. The second kappa shape index (κ2) is 6.34. The van der Waals surface area contributed by atoms with Gasteiger partial charge in [-0.1, -0.05) is 26.0 Å². The molecule has 0 fully saturated rings. The Hall–Kier alpha value is -1.87. The van der Waals surface area contributed by atoms with E-state index >= 15 is 0 Å². The van der Waals surface area contributed by atoms with Crippen molar-refractivity contribution in [2.24, 2.45) is 0 Å². The van der Waals surface area contributed by atoms with Gasteiger partial charge in [0.1, 0.15) is 5.75 Å². The summed E-state index contributed by atoms with van der Waals surface area (Å²) in [5, 5.41) is 9.23. The first-order valence-electron chi connectivity index (χ1n) is 6.57. The number of ether oxygens (including phenoxy) is 1. The Balaban J connectivity index is 2.15. The summed E-state index contributed by atoms with van der Waals surface area (Å²) in [6.45, 7) is 4.31. The van der Waals surface area contributed by atoms with Gasteiger partial charge in [-0.2, -0.15) is 0 Å². The molecule has 0 saturated carbocycles. The highest BCUT2D eigenvalue weighted by Crippen LogP contribution is 2.25. The molecule has 0 amide bonds. The minimum atomic E-state index is -0.0753. The van der Waals surface area contributed by atoms with Crippen LogP contribution in [0.2, 0.25) is 0 Å². The summed E-state index contributed by atoms with van der Waals surface area (Å²) in [6, 6.07) is 11.6. The van der Waals surface area contributed by atoms with E-state index in [1.165, 1.54) is 5.56 Å². The topological polar surface area (TPSA) is 42.4 Å². The van der Waals surface area contributed by atoms with Crippen LogP contribution >= 0.6 is 0 Å². The fourth-order valence-corrected chi connectivity index (χ4v) is 1.85. The first kappa shape index (κ1) is 13.6. The van der Waals surface area contributed by atoms with E-state index in [1.807, 2.05) is 12.1 Å². The Morgan fingerprint density at radius 3 is 2.58 bits per heavy atom.